The van der Waals surface area contributed by atoms with Gasteiger partial charge in [0, 0.05) is 6.42 Å². The van der Waals surface area contributed by atoms with E-state index >= 15 is 0 Å². The van der Waals surface area contributed by atoms with Crippen LogP contribution in [0.1, 0.15) is 6.42 Å². The number of carbonyl (C=O) groups is 1. The summed E-state index contributed by atoms with van der Waals surface area (Å²) in [5, 5.41) is 16.6. The van der Waals surface area contributed by atoms with Crippen molar-refractivity contribution in [3.8, 4) is 0 Å². The molecule has 0 aromatic heterocycles. The summed E-state index contributed by atoms with van der Waals surface area (Å²) in [5.74, 6) is -1.11. The molecule has 64 valence electrons. The van der Waals surface area contributed by atoms with Crippen molar-refractivity contribution in [1.82, 2.24) is 0 Å². The van der Waals surface area contributed by atoms with Crippen LogP contribution in [0, 0.1) is 0 Å². The minimum Gasteiger partial charge on any atom is -0.480 e. The first-order valence-electron chi connectivity index (χ1n) is 3.09. The Balaban J connectivity index is 0. The van der Waals surface area contributed by atoms with Crippen LogP contribution in [0.3, 0.4) is 0 Å². The zero-order valence-corrected chi connectivity index (χ0v) is 9.83. The molecule has 0 aliphatic carbocycles. The van der Waals surface area contributed by atoms with Crippen LogP contribution >= 0.6 is 7.80 Å². The van der Waals surface area contributed by atoms with Crippen LogP contribution in [0.4, 0.5) is 0 Å². The Labute approximate surface area is 93.4 Å². The van der Waals surface area contributed by atoms with E-state index in [0.29, 0.717) is 0 Å². The Hall–Kier alpha value is 0.490. The van der Waals surface area contributed by atoms with Crippen LogP contribution in [0.15, 0.2) is 0 Å². The van der Waals surface area contributed by atoms with Crippen LogP contribution in [0.25, 0.3) is 0 Å². The second-order valence-corrected chi connectivity index (χ2v) is 3.77. The van der Waals surface area contributed by atoms with Gasteiger partial charge in [0.15, 0.2) is 6.16 Å². The van der Waals surface area contributed by atoms with Crippen LogP contribution in [0.5, 0.6) is 0 Å². The average Bonchev–Trinajstić information content (AvgIpc) is 1.99. The molecule has 0 aromatic rings. The number of aliphatic hydroxyl groups is 1. The van der Waals surface area contributed by atoms with Crippen molar-refractivity contribution in [2.75, 3.05) is 12.5 Å². The third-order valence-corrected chi connectivity index (χ3v) is 2.24. The standard InChI is InChI=1S/C5H10NO4P.Na/c6-4(5(8)9)1-2-11(10)3-7;/h4,7H,1-3,6H2;/q;+1/p+1. The van der Waals surface area contributed by atoms with Gasteiger partial charge < -0.3 is 15.9 Å². The Morgan fingerprint density at radius 2 is 2.08 bits per heavy atom. The molecule has 4 N–H and O–H groups in total. The minimum absolute atomic E-state index is 0. The molecule has 12 heavy (non-hydrogen) atoms. The maximum Gasteiger partial charge on any atom is 1.00 e. The van der Waals surface area contributed by atoms with Crippen molar-refractivity contribution in [3.05, 3.63) is 0 Å². The van der Waals surface area contributed by atoms with Crippen molar-refractivity contribution < 1.29 is 49.1 Å². The molecule has 0 heterocycles. The molecule has 5 nitrogen and oxygen atoms in total. The molecule has 0 aliphatic heterocycles. The number of rotatable bonds is 5. The SMILES string of the molecule is NC(CC[P+](=O)CO)C(=O)O.[Na+]. The van der Waals surface area contributed by atoms with E-state index in [-0.39, 0.29) is 42.1 Å². The fourth-order valence-electron chi connectivity index (χ4n) is 0.477. The third-order valence-electron chi connectivity index (χ3n) is 1.16. The predicted molar refractivity (Wildman–Crippen MR) is 39.8 cm³/mol. The monoisotopic (exact) mass is 203 g/mol. The summed E-state index contributed by atoms with van der Waals surface area (Å²) in [5.41, 5.74) is 5.11. The number of hydrogen-bond donors (Lipinski definition) is 3. The molecule has 7 heteroatoms. The average molecular weight is 203 g/mol. The van der Waals surface area contributed by atoms with Crippen LogP contribution in [-0.2, 0) is 9.36 Å². The Kier molecular flexibility index (Phi) is 10.1. The quantitative estimate of drug-likeness (QED) is 0.319. The van der Waals surface area contributed by atoms with Gasteiger partial charge in [0.1, 0.15) is 6.04 Å². The van der Waals surface area contributed by atoms with E-state index in [4.69, 9.17) is 15.9 Å². The van der Waals surface area contributed by atoms with E-state index < -0.39 is 26.2 Å². The van der Waals surface area contributed by atoms with E-state index in [9.17, 15) is 9.36 Å². The topological polar surface area (TPSA) is 101 Å². The molecule has 2 unspecified atom stereocenters. The van der Waals surface area contributed by atoms with Crippen LogP contribution in [0.2, 0.25) is 0 Å². The van der Waals surface area contributed by atoms with Crippen molar-refractivity contribution >= 4 is 13.8 Å². The van der Waals surface area contributed by atoms with Crippen molar-refractivity contribution in [2.24, 2.45) is 5.73 Å². The van der Waals surface area contributed by atoms with E-state index in [1.54, 1.807) is 0 Å². The molecule has 0 rings (SSSR count). The van der Waals surface area contributed by atoms with Gasteiger partial charge in [0.05, 0.1) is 0 Å². The van der Waals surface area contributed by atoms with Gasteiger partial charge >= 0.3 is 43.3 Å². The largest absolute Gasteiger partial charge is 1.00 e. The van der Waals surface area contributed by atoms with Gasteiger partial charge in [-0.1, -0.05) is 4.57 Å². The number of nitrogens with two attached hydrogens (primary N) is 1. The molecule has 0 fully saturated rings. The summed E-state index contributed by atoms with van der Waals surface area (Å²) in [6.45, 7) is 0. The normalized spacial score (nSPS) is 13.0. The van der Waals surface area contributed by atoms with E-state index in [1.165, 1.54) is 0 Å². The number of carboxylic acids is 1. The van der Waals surface area contributed by atoms with Crippen LogP contribution < -0.4 is 35.3 Å². The van der Waals surface area contributed by atoms with Gasteiger partial charge in [0.25, 0.3) is 0 Å². The molecule has 0 radical (unpaired) electrons. The fourth-order valence-corrected chi connectivity index (χ4v) is 1.18. The first kappa shape index (κ1) is 15.0. The molecular weight excluding hydrogens is 192 g/mol. The molecule has 0 aliphatic rings. The van der Waals surface area contributed by atoms with Gasteiger partial charge in [-0.05, 0) is 0 Å². The Morgan fingerprint density at radius 3 is 2.42 bits per heavy atom. The van der Waals surface area contributed by atoms with Gasteiger partial charge in [0.2, 0.25) is 6.35 Å². The van der Waals surface area contributed by atoms with Crippen molar-refractivity contribution in [1.29, 1.82) is 0 Å². The molecule has 0 spiro atoms. The van der Waals surface area contributed by atoms with Crippen molar-refractivity contribution in [3.63, 3.8) is 0 Å². The summed E-state index contributed by atoms with van der Waals surface area (Å²) in [4.78, 5) is 10.1. The first-order valence-corrected chi connectivity index (χ1v) is 4.72. The molecule has 0 saturated heterocycles. The number of aliphatic carboxylic acids is 1. The maximum atomic E-state index is 10.6. The summed E-state index contributed by atoms with van der Waals surface area (Å²) in [7, 11) is -1.67. The summed E-state index contributed by atoms with van der Waals surface area (Å²) in [6, 6.07) is -0.972. The Morgan fingerprint density at radius 1 is 1.58 bits per heavy atom. The van der Waals surface area contributed by atoms with Gasteiger partial charge in [-0.15, -0.1) is 0 Å². The smallest absolute Gasteiger partial charge is 0.480 e. The van der Waals surface area contributed by atoms with E-state index in [1.807, 2.05) is 0 Å². The summed E-state index contributed by atoms with van der Waals surface area (Å²) < 4.78 is 10.6. The molecule has 0 saturated carbocycles. The zero-order chi connectivity index (χ0) is 8.85. The summed E-state index contributed by atoms with van der Waals surface area (Å²) >= 11 is 0. The second kappa shape index (κ2) is 8.10. The maximum absolute atomic E-state index is 10.6. The number of carboxylic acid groups (broad SMARTS) is 1. The molecule has 0 amide bonds. The fraction of sp³-hybridized carbons (Fsp3) is 0.800. The van der Waals surface area contributed by atoms with E-state index in [2.05, 4.69) is 0 Å². The molecule has 0 aromatic carbocycles. The second-order valence-electron chi connectivity index (χ2n) is 2.08. The predicted octanol–water partition coefficient (Wildman–Crippen LogP) is -3.43. The zero-order valence-electron chi connectivity index (χ0n) is 6.93. The summed E-state index contributed by atoms with van der Waals surface area (Å²) in [6.07, 6.45) is -0.0912. The minimum atomic E-state index is -1.67. The Bertz CT molecular complexity index is 166. The van der Waals surface area contributed by atoms with Gasteiger partial charge in [-0.3, -0.25) is 4.79 Å². The molecule has 2 atom stereocenters. The molecule has 0 bridgehead atoms. The molecular formula is C5H11NNaO4P+2. The first-order chi connectivity index (χ1) is 5.07. The third kappa shape index (κ3) is 7.16. The van der Waals surface area contributed by atoms with Gasteiger partial charge in [-0.25, -0.2) is 0 Å². The van der Waals surface area contributed by atoms with Crippen molar-refractivity contribution in [2.45, 2.75) is 12.5 Å². The van der Waals surface area contributed by atoms with E-state index in [0.717, 1.165) is 0 Å². The van der Waals surface area contributed by atoms with Crippen LogP contribution in [-0.4, -0.2) is 34.7 Å². The van der Waals surface area contributed by atoms with Gasteiger partial charge in [-0.2, -0.15) is 0 Å². The number of hydrogen-bond acceptors (Lipinski definition) is 4. The number of aliphatic hydroxyl groups excluding tert-OH is 1.